The molecule has 0 radical (unpaired) electrons. The fraction of sp³-hybridized carbons (Fsp3) is 1.00. The third kappa shape index (κ3) is 6.38. The zero-order valence-electron chi connectivity index (χ0n) is 10.9. The second-order valence-corrected chi connectivity index (χ2v) is 6.99. The Morgan fingerprint density at radius 2 is 2.12 bits per heavy atom. The lowest BCUT2D eigenvalue weighted by atomic mass is 9.88. The monoisotopic (exact) mass is 263 g/mol. The number of ether oxygens (including phenoxy) is 1. The first kappa shape index (κ1) is 14.9. The lowest BCUT2D eigenvalue weighted by Gasteiger charge is -2.28. The summed E-state index contributed by atoms with van der Waals surface area (Å²) in [4.78, 5) is 0. The first-order valence-electron chi connectivity index (χ1n) is 6.52. The predicted molar refractivity (Wildman–Crippen MR) is 69.1 cm³/mol. The topological polar surface area (TPSA) is 69.4 Å². The Morgan fingerprint density at radius 3 is 2.65 bits per heavy atom. The average molecular weight is 263 g/mol. The molecule has 102 valence electrons. The maximum absolute atomic E-state index is 11.0. The highest BCUT2D eigenvalue weighted by molar-refractivity contribution is 7.89. The Labute approximate surface area is 105 Å². The Bertz CT molecular complexity index is 316. The number of nitrogens with two attached hydrogens (primary N) is 1. The standard InChI is InChI=1S/C12H25NO3S/c1-3-11(9-17(13,14)15)8-16-12-6-4-5-10(2)7-12/h10-12H,3-9H2,1-2H3,(H2,13,14,15). The van der Waals surface area contributed by atoms with E-state index in [1.807, 2.05) is 6.92 Å². The number of sulfonamides is 1. The van der Waals surface area contributed by atoms with Crippen LogP contribution in [0.2, 0.25) is 0 Å². The van der Waals surface area contributed by atoms with E-state index in [1.54, 1.807) is 0 Å². The molecule has 0 aliphatic heterocycles. The molecule has 0 saturated heterocycles. The molecule has 1 aliphatic rings. The molecule has 0 bridgehead atoms. The lowest BCUT2D eigenvalue weighted by Crippen LogP contribution is -2.29. The maximum Gasteiger partial charge on any atom is 0.209 e. The van der Waals surface area contributed by atoms with Crippen LogP contribution < -0.4 is 5.14 Å². The summed E-state index contributed by atoms with van der Waals surface area (Å²) < 4.78 is 27.9. The minimum absolute atomic E-state index is 0.0298. The molecule has 1 fully saturated rings. The van der Waals surface area contributed by atoms with Crippen molar-refractivity contribution in [3.05, 3.63) is 0 Å². The van der Waals surface area contributed by atoms with E-state index in [4.69, 9.17) is 9.88 Å². The van der Waals surface area contributed by atoms with E-state index in [1.165, 1.54) is 12.8 Å². The predicted octanol–water partition coefficient (Wildman–Crippen LogP) is 1.90. The molecule has 0 aromatic heterocycles. The average Bonchev–Trinajstić information content (AvgIpc) is 2.23. The summed E-state index contributed by atoms with van der Waals surface area (Å²) in [6, 6.07) is 0. The van der Waals surface area contributed by atoms with Crippen LogP contribution in [0.5, 0.6) is 0 Å². The van der Waals surface area contributed by atoms with Gasteiger partial charge in [-0.3, -0.25) is 0 Å². The minimum Gasteiger partial charge on any atom is -0.378 e. The molecule has 1 saturated carbocycles. The van der Waals surface area contributed by atoms with E-state index >= 15 is 0 Å². The molecule has 0 aromatic carbocycles. The summed E-state index contributed by atoms with van der Waals surface area (Å²) in [5, 5.41) is 5.06. The van der Waals surface area contributed by atoms with E-state index in [-0.39, 0.29) is 11.7 Å². The maximum atomic E-state index is 11.0. The number of hydrogen-bond acceptors (Lipinski definition) is 3. The van der Waals surface area contributed by atoms with Crippen LogP contribution >= 0.6 is 0 Å². The lowest BCUT2D eigenvalue weighted by molar-refractivity contribution is -0.000404. The molecule has 0 amide bonds. The summed E-state index contributed by atoms with van der Waals surface area (Å²) in [6.45, 7) is 4.74. The second kappa shape index (κ2) is 6.71. The number of hydrogen-bond donors (Lipinski definition) is 1. The van der Waals surface area contributed by atoms with Crippen LogP contribution in [-0.2, 0) is 14.8 Å². The van der Waals surface area contributed by atoms with Gasteiger partial charge in [0, 0.05) is 0 Å². The van der Waals surface area contributed by atoms with Crippen LogP contribution in [0.25, 0.3) is 0 Å². The second-order valence-electron chi connectivity index (χ2n) is 5.33. The van der Waals surface area contributed by atoms with Crippen molar-refractivity contribution in [2.24, 2.45) is 17.0 Å². The summed E-state index contributed by atoms with van der Waals surface area (Å²) >= 11 is 0. The van der Waals surface area contributed by atoms with Crippen molar-refractivity contribution in [2.45, 2.75) is 52.1 Å². The Morgan fingerprint density at radius 1 is 1.41 bits per heavy atom. The van der Waals surface area contributed by atoms with Gasteiger partial charge in [-0.15, -0.1) is 0 Å². The Hall–Kier alpha value is -0.130. The van der Waals surface area contributed by atoms with Gasteiger partial charge < -0.3 is 4.74 Å². The summed E-state index contributed by atoms with van der Waals surface area (Å²) in [6.07, 6.45) is 5.82. The molecule has 0 heterocycles. The SMILES string of the molecule is CCC(COC1CCCC(C)C1)CS(N)(=O)=O. The highest BCUT2D eigenvalue weighted by Crippen LogP contribution is 2.26. The summed E-state index contributed by atoms with van der Waals surface area (Å²) in [7, 11) is -3.38. The van der Waals surface area contributed by atoms with Crippen LogP contribution in [0.3, 0.4) is 0 Å². The van der Waals surface area contributed by atoms with Crippen LogP contribution in [-0.4, -0.2) is 26.9 Å². The molecule has 0 aromatic rings. The third-order valence-corrected chi connectivity index (χ3v) is 4.44. The number of rotatable bonds is 6. The zero-order valence-corrected chi connectivity index (χ0v) is 11.7. The molecule has 2 N–H and O–H groups in total. The van der Waals surface area contributed by atoms with E-state index in [2.05, 4.69) is 6.92 Å². The first-order chi connectivity index (χ1) is 7.90. The molecule has 17 heavy (non-hydrogen) atoms. The van der Waals surface area contributed by atoms with Gasteiger partial charge in [0.15, 0.2) is 0 Å². The van der Waals surface area contributed by atoms with Gasteiger partial charge in [-0.2, -0.15) is 0 Å². The molecular formula is C12H25NO3S. The van der Waals surface area contributed by atoms with Crippen molar-refractivity contribution in [3.63, 3.8) is 0 Å². The largest absolute Gasteiger partial charge is 0.378 e. The van der Waals surface area contributed by atoms with Gasteiger partial charge in [-0.25, -0.2) is 13.6 Å². The van der Waals surface area contributed by atoms with E-state index in [9.17, 15) is 8.42 Å². The van der Waals surface area contributed by atoms with Crippen molar-refractivity contribution in [1.82, 2.24) is 0 Å². The van der Waals surface area contributed by atoms with Crippen LogP contribution in [0.1, 0.15) is 46.0 Å². The minimum atomic E-state index is -3.38. The molecule has 5 heteroatoms. The normalized spacial score (nSPS) is 27.9. The fourth-order valence-electron chi connectivity index (χ4n) is 2.41. The summed E-state index contributed by atoms with van der Waals surface area (Å²) in [5.74, 6) is 0.792. The highest BCUT2D eigenvalue weighted by atomic mass is 32.2. The quantitative estimate of drug-likeness (QED) is 0.795. The zero-order chi connectivity index (χ0) is 12.9. The van der Waals surface area contributed by atoms with Crippen LogP contribution in [0.15, 0.2) is 0 Å². The van der Waals surface area contributed by atoms with Crippen molar-refractivity contribution in [3.8, 4) is 0 Å². The molecular weight excluding hydrogens is 238 g/mol. The summed E-state index contributed by atoms with van der Waals surface area (Å²) in [5.41, 5.74) is 0. The van der Waals surface area contributed by atoms with Gasteiger partial charge in [0.25, 0.3) is 0 Å². The Kier molecular flexibility index (Phi) is 5.89. The molecule has 1 aliphatic carbocycles. The molecule has 1 rings (SSSR count). The molecule has 3 atom stereocenters. The highest BCUT2D eigenvalue weighted by Gasteiger charge is 2.21. The molecule has 3 unspecified atom stereocenters. The van der Waals surface area contributed by atoms with Crippen LogP contribution in [0, 0.1) is 11.8 Å². The van der Waals surface area contributed by atoms with Crippen molar-refractivity contribution >= 4 is 10.0 Å². The van der Waals surface area contributed by atoms with Crippen LogP contribution in [0.4, 0.5) is 0 Å². The number of primary sulfonamides is 1. The van der Waals surface area contributed by atoms with Gasteiger partial charge in [0.1, 0.15) is 0 Å². The Balaban J connectivity index is 2.32. The van der Waals surface area contributed by atoms with Gasteiger partial charge in [-0.1, -0.05) is 33.1 Å². The van der Waals surface area contributed by atoms with Crippen molar-refractivity contribution < 1.29 is 13.2 Å². The van der Waals surface area contributed by atoms with Gasteiger partial charge >= 0.3 is 0 Å². The van der Waals surface area contributed by atoms with E-state index < -0.39 is 10.0 Å². The molecule has 4 nitrogen and oxygen atoms in total. The van der Waals surface area contributed by atoms with E-state index in [0.29, 0.717) is 12.7 Å². The third-order valence-electron chi connectivity index (χ3n) is 3.50. The fourth-order valence-corrected chi connectivity index (χ4v) is 3.40. The van der Waals surface area contributed by atoms with Gasteiger partial charge in [0.2, 0.25) is 10.0 Å². The van der Waals surface area contributed by atoms with Crippen molar-refractivity contribution in [1.29, 1.82) is 0 Å². The van der Waals surface area contributed by atoms with E-state index in [0.717, 1.165) is 25.2 Å². The molecule has 0 spiro atoms. The van der Waals surface area contributed by atoms with Crippen molar-refractivity contribution in [2.75, 3.05) is 12.4 Å². The van der Waals surface area contributed by atoms with Gasteiger partial charge in [0.05, 0.1) is 18.5 Å². The first-order valence-corrected chi connectivity index (χ1v) is 8.24. The van der Waals surface area contributed by atoms with Gasteiger partial charge in [-0.05, 0) is 24.7 Å². The smallest absolute Gasteiger partial charge is 0.209 e.